The number of fused-ring (bicyclic) bond motifs is 2. The number of hydrogen-bond acceptors (Lipinski definition) is 3. The normalized spacial score (nSPS) is 36.5. The number of hydrogen-bond donors (Lipinski definition) is 2. The summed E-state index contributed by atoms with van der Waals surface area (Å²) in [6.45, 7) is 4.73. The maximum Gasteiger partial charge on any atom is 0.222 e. The van der Waals surface area contributed by atoms with Crippen molar-refractivity contribution in [3.8, 4) is 0 Å². The van der Waals surface area contributed by atoms with E-state index in [2.05, 4.69) is 5.32 Å². The molecular weight excluding hydrogens is 242 g/mol. The Morgan fingerprint density at radius 2 is 2.21 bits per heavy atom. The first-order valence-electron chi connectivity index (χ1n) is 7.63. The van der Waals surface area contributed by atoms with Crippen molar-refractivity contribution in [2.24, 2.45) is 17.3 Å². The van der Waals surface area contributed by atoms with Gasteiger partial charge < -0.3 is 15.2 Å². The molecule has 108 valence electrons. The average Bonchev–Trinajstić information content (AvgIpc) is 2.69. The molecular formula is C15H25NO3. The number of rotatable bonds is 4. The molecule has 4 nitrogen and oxygen atoms in total. The lowest BCUT2D eigenvalue weighted by Crippen LogP contribution is -2.71. The van der Waals surface area contributed by atoms with Crippen molar-refractivity contribution in [1.29, 1.82) is 0 Å². The van der Waals surface area contributed by atoms with Gasteiger partial charge >= 0.3 is 0 Å². The molecule has 4 heteroatoms. The van der Waals surface area contributed by atoms with Gasteiger partial charge in [0.2, 0.25) is 5.91 Å². The van der Waals surface area contributed by atoms with Crippen LogP contribution in [0.15, 0.2) is 0 Å². The van der Waals surface area contributed by atoms with Gasteiger partial charge in [-0.25, -0.2) is 0 Å². The number of amides is 1. The highest BCUT2D eigenvalue weighted by molar-refractivity contribution is 5.77. The van der Waals surface area contributed by atoms with Crippen molar-refractivity contribution in [2.45, 2.75) is 64.2 Å². The number of nitrogens with one attached hydrogen (secondary N) is 1. The number of carbonyl (C=O) groups is 1. The second-order valence-corrected chi connectivity index (χ2v) is 6.89. The van der Waals surface area contributed by atoms with Crippen LogP contribution in [0.1, 0.15) is 46.0 Å². The second-order valence-electron chi connectivity index (χ2n) is 6.89. The molecule has 1 heterocycles. The highest BCUT2D eigenvalue weighted by atomic mass is 16.5. The molecule has 3 rings (SSSR count). The van der Waals surface area contributed by atoms with Gasteiger partial charge in [0.05, 0.1) is 18.6 Å². The third kappa shape index (κ3) is 2.00. The molecule has 1 amide bonds. The van der Waals surface area contributed by atoms with E-state index in [0.717, 1.165) is 13.0 Å². The van der Waals surface area contributed by atoms with Crippen molar-refractivity contribution in [3.05, 3.63) is 0 Å². The maximum atomic E-state index is 12.1. The molecule has 4 atom stereocenters. The molecule has 2 saturated carbocycles. The summed E-state index contributed by atoms with van der Waals surface area (Å²) in [5.74, 6) is 0.649. The number of aliphatic hydroxyl groups excluding tert-OH is 1. The molecule has 0 bridgehead atoms. The van der Waals surface area contributed by atoms with Crippen LogP contribution in [0.3, 0.4) is 0 Å². The van der Waals surface area contributed by atoms with E-state index in [0.29, 0.717) is 18.1 Å². The Morgan fingerprint density at radius 3 is 2.79 bits per heavy atom. The summed E-state index contributed by atoms with van der Waals surface area (Å²) in [6.07, 6.45) is 4.78. The van der Waals surface area contributed by atoms with Crippen LogP contribution in [0.5, 0.6) is 0 Å². The van der Waals surface area contributed by atoms with Gasteiger partial charge in [-0.3, -0.25) is 4.79 Å². The Labute approximate surface area is 114 Å². The fraction of sp³-hybridized carbons (Fsp3) is 0.933. The zero-order chi connectivity index (χ0) is 13.6. The topological polar surface area (TPSA) is 58.6 Å². The Balaban J connectivity index is 1.58. The molecule has 3 aliphatic rings. The Morgan fingerprint density at radius 1 is 1.47 bits per heavy atom. The summed E-state index contributed by atoms with van der Waals surface area (Å²) < 4.78 is 5.84. The lowest BCUT2D eigenvalue weighted by atomic mass is 9.46. The number of aliphatic hydroxyl groups is 1. The van der Waals surface area contributed by atoms with Gasteiger partial charge in [-0.2, -0.15) is 0 Å². The van der Waals surface area contributed by atoms with Gasteiger partial charge in [-0.15, -0.1) is 0 Å². The molecule has 2 N–H and O–H groups in total. The van der Waals surface area contributed by atoms with Gasteiger partial charge in [0.25, 0.3) is 0 Å². The van der Waals surface area contributed by atoms with Crippen molar-refractivity contribution >= 4 is 5.91 Å². The third-order valence-electron chi connectivity index (χ3n) is 5.52. The van der Waals surface area contributed by atoms with Gasteiger partial charge in [-0.05, 0) is 25.2 Å². The smallest absolute Gasteiger partial charge is 0.222 e. The van der Waals surface area contributed by atoms with E-state index in [4.69, 9.17) is 4.74 Å². The first-order chi connectivity index (χ1) is 9.04. The minimum atomic E-state index is -0.534. The molecule has 1 aliphatic heterocycles. The van der Waals surface area contributed by atoms with E-state index in [9.17, 15) is 9.90 Å². The van der Waals surface area contributed by atoms with Crippen LogP contribution in [0.25, 0.3) is 0 Å². The SMILES string of the molecule is CC(C)C(O)CC(=O)NC1C2CCOC2C12CCC2. The standard InChI is InChI=1S/C15H25NO3/c1-9(2)11(17)8-12(18)16-13-10-4-7-19-14(10)15(13)5-3-6-15/h9-11,13-14,17H,3-8H2,1-2H3,(H,16,18). The molecule has 2 aliphatic carbocycles. The summed E-state index contributed by atoms with van der Waals surface area (Å²) in [4.78, 5) is 12.1. The number of ether oxygens (including phenoxy) is 1. The Hall–Kier alpha value is -0.610. The first-order valence-corrected chi connectivity index (χ1v) is 7.63. The van der Waals surface area contributed by atoms with Gasteiger partial charge in [0.15, 0.2) is 0 Å². The summed E-state index contributed by atoms with van der Waals surface area (Å²) in [5.41, 5.74) is 0.236. The quantitative estimate of drug-likeness (QED) is 0.811. The molecule has 0 aromatic carbocycles. The minimum absolute atomic E-state index is 0.00262. The summed E-state index contributed by atoms with van der Waals surface area (Å²) in [7, 11) is 0. The minimum Gasteiger partial charge on any atom is -0.392 e. The molecule has 3 fully saturated rings. The lowest BCUT2D eigenvalue weighted by Gasteiger charge is -2.63. The fourth-order valence-electron chi connectivity index (χ4n) is 4.11. The van der Waals surface area contributed by atoms with E-state index in [1.807, 2.05) is 13.8 Å². The average molecular weight is 267 g/mol. The first kappa shape index (κ1) is 13.4. The summed E-state index contributed by atoms with van der Waals surface area (Å²) in [6, 6.07) is 0.292. The van der Waals surface area contributed by atoms with Crippen molar-refractivity contribution in [3.63, 3.8) is 0 Å². The monoisotopic (exact) mass is 267 g/mol. The highest BCUT2D eigenvalue weighted by Gasteiger charge is 2.66. The van der Waals surface area contributed by atoms with Gasteiger partial charge in [-0.1, -0.05) is 20.3 Å². The molecule has 4 unspecified atom stereocenters. The van der Waals surface area contributed by atoms with Crippen LogP contribution < -0.4 is 5.32 Å². The van der Waals surface area contributed by atoms with Crippen molar-refractivity contribution < 1.29 is 14.6 Å². The van der Waals surface area contributed by atoms with Crippen molar-refractivity contribution in [2.75, 3.05) is 6.61 Å². The van der Waals surface area contributed by atoms with E-state index < -0.39 is 6.10 Å². The van der Waals surface area contributed by atoms with E-state index in [1.54, 1.807) is 0 Å². The summed E-state index contributed by atoms with van der Waals surface area (Å²) in [5, 5.41) is 13.0. The largest absolute Gasteiger partial charge is 0.392 e. The van der Waals surface area contributed by atoms with Gasteiger partial charge in [0.1, 0.15) is 0 Å². The molecule has 19 heavy (non-hydrogen) atoms. The van der Waals surface area contributed by atoms with Crippen LogP contribution in [0.4, 0.5) is 0 Å². The number of carbonyl (C=O) groups excluding carboxylic acids is 1. The molecule has 0 radical (unpaired) electrons. The fourth-order valence-corrected chi connectivity index (χ4v) is 4.11. The summed E-state index contributed by atoms with van der Waals surface area (Å²) >= 11 is 0. The van der Waals surface area contributed by atoms with Crippen LogP contribution in [0, 0.1) is 17.3 Å². The Kier molecular flexibility index (Phi) is 3.34. The zero-order valence-electron chi connectivity index (χ0n) is 11.9. The Bertz CT molecular complexity index is 364. The van der Waals surface area contributed by atoms with Crippen molar-refractivity contribution in [1.82, 2.24) is 5.32 Å². The predicted molar refractivity (Wildman–Crippen MR) is 71.5 cm³/mol. The van der Waals surface area contributed by atoms with E-state index in [1.165, 1.54) is 19.3 Å². The molecule has 1 spiro atoms. The van der Waals surface area contributed by atoms with Crippen LogP contribution in [-0.4, -0.2) is 35.9 Å². The van der Waals surface area contributed by atoms with Crippen LogP contribution >= 0.6 is 0 Å². The van der Waals surface area contributed by atoms with Crippen LogP contribution in [0.2, 0.25) is 0 Å². The zero-order valence-corrected chi connectivity index (χ0v) is 11.9. The van der Waals surface area contributed by atoms with E-state index >= 15 is 0 Å². The molecule has 1 saturated heterocycles. The van der Waals surface area contributed by atoms with Crippen LogP contribution in [-0.2, 0) is 9.53 Å². The highest BCUT2D eigenvalue weighted by Crippen LogP contribution is 2.62. The molecule has 0 aromatic heterocycles. The van der Waals surface area contributed by atoms with Gasteiger partial charge in [0, 0.05) is 24.0 Å². The third-order valence-corrected chi connectivity index (χ3v) is 5.52. The second kappa shape index (κ2) is 4.74. The predicted octanol–water partition coefficient (Wildman–Crippen LogP) is 1.47. The maximum absolute atomic E-state index is 12.1. The lowest BCUT2D eigenvalue weighted by molar-refractivity contribution is -0.179. The molecule has 0 aromatic rings. The van der Waals surface area contributed by atoms with E-state index in [-0.39, 0.29) is 23.7 Å².